The number of thiophene rings is 1. The lowest BCUT2D eigenvalue weighted by Gasteiger charge is -2.07. The molecule has 0 saturated heterocycles. The Morgan fingerprint density at radius 2 is 2.07 bits per heavy atom. The van der Waals surface area contributed by atoms with E-state index in [1.807, 2.05) is 39.0 Å². The van der Waals surface area contributed by atoms with Crippen molar-refractivity contribution in [3.8, 4) is 0 Å². The number of benzene rings is 1. The molecule has 0 saturated carbocycles. The summed E-state index contributed by atoms with van der Waals surface area (Å²) >= 11 is 5.00. The summed E-state index contributed by atoms with van der Waals surface area (Å²) in [7, 11) is 0. The normalized spacial score (nSPS) is 11.4. The molecule has 1 aromatic carbocycles. The Bertz CT molecular complexity index is 1270. The Morgan fingerprint density at radius 3 is 2.81 bits per heavy atom. The highest BCUT2D eigenvalue weighted by Crippen LogP contribution is 2.30. The van der Waals surface area contributed by atoms with Crippen LogP contribution < -0.4 is 11.0 Å². The van der Waals surface area contributed by atoms with Gasteiger partial charge in [0.05, 0.1) is 11.1 Å². The van der Waals surface area contributed by atoms with E-state index in [1.165, 1.54) is 15.4 Å². The molecule has 0 aliphatic heterocycles. The number of carbonyl (C=O) groups excluding carboxylic acids is 1. The number of fused-ring (bicyclic) bond motifs is 3. The number of anilines is 1. The van der Waals surface area contributed by atoms with E-state index < -0.39 is 0 Å². The maximum Gasteiger partial charge on any atom is 0.352 e. The third-order valence-electron chi connectivity index (χ3n) is 4.44. The molecule has 0 bridgehead atoms. The minimum Gasteiger partial charge on any atom is -0.323 e. The van der Waals surface area contributed by atoms with Gasteiger partial charge in [-0.2, -0.15) is 0 Å². The molecule has 0 spiro atoms. The Hall–Kier alpha value is -2.52. The highest BCUT2D eigenvalue weighted by Gasteiger charge is 2.17. The van der Waals surface area contributed by atoms with E-state index in [0.717, 1.165) is 30.7 Å². The van der Waals surface area contributed by atoms with Gasteiger partial charge in [-0.25, -0.2) is 18.9 Å². The summed E-state index contributed by atoms with van der Waals surface area (Å²) < 4.78 is 3.34. The molecule has 1 N–H and O–H groups in total. The van der Waals surface area contributed by atoms with Crippen molar-refractivity contribution in [1.82, 2.24) is 19.2 Å². The summed E-state index contributed by atoms with van der Waals surface area (Å²) in [6, 6.07) is 5.63. The molecule has 27 heavy (non-hydrogen) atoms. The molecule has 7 nitrogen and oxygen atoms in total. The van der Waals surface area contributed by atoms with Crippen molar-refractivity contribution >= 4 is 54.7 Å². The third-order valence-corrected chi connectivity index (χ3v) is 6.21. The highest BCUT2D eigenvalue weighted by molar-refractivity contribution is 9.10. The average molecular weight is 446 g/mol. The lowest BCUT2D eigenvalue weighted by atomic mass is 10.2. The van der Waals surface area contributed by atoms with E-state index in [-0.39, 0.29) is 18.1 Å². The van der Waals surface area contributed by atoms with Crippen LogP contribution in [0.3, 0.4) is 0 Å². The zero-order valence-electron chi connectivity index (χ0n) is 14.9. The van der Waals surface area contributed by atoms with Crippen LogP contribution in [0.4, 0.5) is 5.69 Å². The van der Waals surface area contributed by atoms with Crippen molar-refractivity contribution in [3.05, 3.63) is 55.5 Å². The molecule has 0 unspecified atom stereocenters. The number of hydrogen-bond acceptors (Lipinski definition) is 5. The van der Waals surface area contributed by atoms with Crippen LogP contribution in [0.15, 0.2) is 33.8 Å². The van der Waals surface area contributed by atoms with Crippen LogP contribution >= 0.6 is 27.3 Å². The van der Waals surface area contributed by atoms with Crippen LogP contribution in [0.2, 0.25) is 0 Å². The smallest absolute Gasteiger partial charge is 0.323 e. The van der Waals surface area contributed by atoms with Crippen LogP contribution in [-0.4, -0.2) is 25.1 Å². The summed E-state index contributed by atoms with van der Waals surface area (Å²) in [6.07, 6.45) is 1.47. The lowest BCUT2D eigenvalue weighted by molar-refractivity contribution is -0.117. The number of aromatic nitrogens is 4. The van der Waals surface area contributed by atoms with Crippen LogP contribution in [0.1, 0.15) is 16.0 Å². The number of rotatable bonds is 3. The lowest BCUT2D eigenvalue weighted by Crippen LogP contribution is -2.28. The molecule has 138 valence electrons. The first-order valence-corrected chi connectivity index (χ1v) is 9.86. The maximum atomic E-state index is 12.6. The number of carbonyl (C=O) groups is 1. The van der Waals surface area contributed by atoms with Crippen molar-refractivity contribution in [2.75, 3.05) is 5.32 Å². The van der Waals surface area contributed by atoms with Crippen molar-refractivity contribution in [1.29, 1.82) is 0 Å². The number of nitrogens with zero attached hydrogens (tertiary/aromatic N) is 4. The number of aryl methyl sites for hydroxylation is 3. The summed E-state index contributed by atoms with van der Waals surface area (Å²) in [4.78, 5) is 31.4. The molecule has 3 aromatic heterocycles. The summed E-state index contributed by atoms with van der Waals surface area (Å²) in [5.41, 5.74) is 2.92. The van der Waals surface area contributed by atoms with E-state index >= 15 is 0 Å². The fourth-order valence-corrected chi connectivity index (χ4v) is 4.50. The van der Waals surface area contributed by atoms with Gasteiger partial charge in [0.1, 0.15) is 17.7 Å². The van der Waals surface area contributed by atoms with E-state index in [4.69, 9.17) is 0 Å². The summed E-state index contributed by atoms with van der Waals surface area (Å²) in [6.45, 7) is 5.79. The molecule has 1 amide bonds. The molecule has 3 heterocycles. The van der Waals surface area contributed by atoms with Crippen molar-refractivity contribution in [3.63, 3.8) is 0 Å². The summed E-state index contributed by atoms with van der Waals surface area (Å²) in [5.74, 6) is -0.326. The van der Waals surface area contributed by atoms with Crippen LogP contribution in [0.5, 0.6) is 0 Å². The number of hydrogen-bond donors (Lipinski definition) is 1. The van der Waals surface area contributed by atoms with Gasteiger partial charge in [0.25, 0.3) is 0 Å². The molecule has 0 aliphatic carbocycles. The van der Waals surface area contributed by atoms with Gasteiger partial charge in [0, 0.05) is 9.35 Å². The highest BCUT2D eigenvalue weighted by atomic mass is 79.9. The topological polar surface area (TPSA) is 81.3 Å². The van der Waals surface area contributed by atoms with Crippen LogP contribution in [0.25, 0.3) is 15.9 Å². The largest absolute Gasteiger partial charge is 0.352 e. The maximum absolute atomic E-state index is 12.6. The first-order valence-electron chi connectivity index (χ1n) is 8.25. The van der Waals surface area contributed by atoms with Gasteiger partial charge in [0.2, 0.25) is 5.91 Å². The van der Waals surface area contributed by atoms with Crippen molar-refractivity contribution in [2.45, 2.75) is 27.3 Å². The molecule has 0 atom stereocenters. The Labute approximate surface area is 166 Å². The first kappa shape index (κ1) is 17.9. The monoisotopic (exact) mass is 445 g/mol. The Kier molecular flexibility index (Phi) is 4.35. The minimum absolute atomic E-state index is 0.176. The summed E-state index contributed by atoms with van der Waals surface area (Å²) in [5, 5.41) is 8.05. The molecule has 4 aromatic rings. The molecule has 9 heteroatoms. The quantitative estimate of drug-likeness (QED) is 0.523. The fraction of sp³-hybridized carbons (Fsp3) is 0.222. The zero-order valence-corrected chi connectivity index (χ0v) is 17.3. The van der Waals surface area contributed by atoms with E-state index in [1.54, 1.807) is 11.3 Å². The van der Waals surface area contributed by atoms with E-state index in [9.17, 15) is 9.59 Å². The Morgan fingerprint density at radius 1 is 1.30 bits per heavy atom. The molecule has 0 radical (unpaired) electrons. The predicted octanol–water partition coefficient (Wildman–Crippen LogP) is 3.43. The molecule has 0 aliphatic rings. The second-order valence-electron chi connectivity index (χ2n) is 6.37. The van der Waals surface area contributed by atoms with Gasteiger partial charge < -0.3 is 5.32 Å². The second-order valence-corrected chi connectivity index (χ2v) is 8.43. The van der Waals surface area contributed by atoms with E-state index in [2.05, 4.69) is 31.3 Å². The molecular formula is C18H16BrN5O2S. The number of nitrogens with one attached hydrogen (secondary N) is 1. The van der Waals surface area contributed by atoms with Crippen molar-refractivity contribution in [2.24, 2.45) is 0 Å². The van der Waals surface area contributed by atoms with Gasteiger partial charge in [-0.05, 0) is 60.0 Å². The van der Waals surface area contributed by atoms with Gasteiger partial charge in [-0.15, -0.1) is 16.4 Å². The second kappa shape index (κ2) is 6.58. The Balaban J connectivity index is 1.69. The fourth-order valence-electron chi connectivity index (χ4n) is 2.92. The van der Waals surface area contributed by atoms with Gasteiger partial charge in [-0.1, -0.05) is 6.07 Å². The third kappa shape index (κ3) is 3.06. The SMILES string of the molecule is Cc1ccc(NC(=O)Cn2nc3c4c(C)c(C)sc4ncn3c2=O)c(Br)c1. The van der Waals surface area contributed by atoms with E-state index in [0.29, 0.717) is 11.3 Å². The predicted molar refractivity (Wildman–Crippen MR) is 110 cm³/mol. The van der Waals surface area contributed by atoms with Crippen LogP contribution in [-0.2, 0) is 11.3 Å². The first-order chi connectivity index (χ1) is 12.8. The average Bonchev–Trinajstić information content (AvgIpc) is 3.08. The van der Waals surface area contributed by atoms with Gasteiger partial charge in [-0.3, -0.25) is 4.79 Å². The van der Waals surface area contributed by atoms with Crippen molar-refractivity contribution < 1.29 is 4.79 Å². The van der Waals surface area contributed by atoms with Gasteiger partial charge >= 0.3 is 5.69 Å². The molecular weight excluding hydrogens is 430 g/mol. The standard InChI is InChI=1S/C18H16BrN5O2S/c1-9-4-5-13(12(19)6-9)21-14(25)7-24-18(26)23-8-20-17-15(16(23)22-24)10(2)11(3)27-17/h4-6,8H,7H2,1-3H3,(H,21,25). The zero-order chi connectivity index (χ0) is 19.3. The van der Waals surface area contributed by atoms with Crippen LogP contribution in [0, 0.1) is 20.8 Å². The minimum atomic E-state index is -0.388. The molecule has 0 fully saturated rings. The number of halogens is 1. The molecule has 4 rings (SSSR count). The number of amides is 1. The van der Waals surface area contributed by atoms with Gasteiger partial charge in [0.15, 0.2) is 5.65 Å².